The van der Waals surface area contributed by atoms with Crippen LogP contribution in [0.15, 0.2) is 30.3 Å². The highest BCUT2D eigenvalue weighted by Crippen LogP contribution is 2.31. The van der Waals surface area contributed by atoms with Crippen LogP contribution in [0.25, 0.3) is 0 Å². The van der Waals surface area contributed by atoms with Gasteiger partial charge in [0.25, 0.3) is 0 Å². The van der Waals surface area contributed by atoms with Crippen molar-refractivity contribution in [3.8, 4) is 0 Å². The highest BCUT2D eigenvalue weighted by atomic mass is 35.5. The first-order valence-corrected chi connectivity index (χ1v) is 6.20. The minimum absolute atomic E-state index is 0.208. The maximum atomic E-state index is 13.3. The Labute approximate surface area is 126 Å². The van der Waals surface area contributed by atoms with Crippen molar-refractivity contribution < 1.29 is 22.4 Å². The maximum Gasteiger partial charge on any atom is 0.433 e. The molecule has 8 heteroatoms. The summed E-state index contributed by atoms with van der Waals surface area (Å²) in [5.74, 6) is -1.63. The standard InChI is InChI=1S/C13H5Cl2F4NO/c14-10-6(2-1-3-8(10)16)11(21)7-4-5-9(13(17,18)19)20-12(7)15/h1-5H. The van der Waals surface area contributed by atoms with Crippen molar-refractivity contribution >= 4 is 29.0 Å². The highest BCUT2D eigenvalue weighted by molar-refractivity contribution is 6.37. The van der Waals surface area contributed by atoms with Crippen molar-refractivity contribution in [3.05, 3.63) is 63.1 Å². The Kier molecular flexibility index (Phi) is 4.20. The van der Waals surface area contributed by atoms with Crippen LogP contribution >= 0.6 is 23.2 Å². The Morgan fingerprint density at radius 2 is 1.71 bits per heavy atom. The molecule has 110 valence electrons. The van der Waals surface area contributed by atoms with Crippen LogP contribution in [0.3, 0.4) is 0 Å². The van der Waals surface area contributed by atoms with Gasteiger partial charge in [-0.05, 0) is 24.3 Å². The number of hydrogen-bond acceptors (Lipinski definition) is 2. The molecule has 0 bridgehead atoms. The van der Waals surface area contributed by atoms with Gasteiger partial charge in [-0.25, -0.2) is 9.37 Å². The van der Waals surface area contributed by atoms with Gasteiger partial charge in [0.2, 0.25) is 0 Å². The summed E-state index contributed by atoms with van der Waals surface area (Å²) in [7, 11) is 0. The second-order valence-corrected chi connectivity index (χ2v) is 4.70. The normalized spacial score (nSPS) is 11.5. The molecule has 0 aliphatic heterocycles. The lowest BCUT2D eigenvalue weighted by molar-refractivity contribution is -0.141. The minimum Gasteiger partial charge on any atom is -0.288 e. The second-order valence-electron chi connectivity index (χ2n) is 3.96. The summed E-state index contributed by atoms with van der Waals surface area (Å²) in [5, 5.41) is -1.06. The van der Waals surface area contributed by atoms with Crippen molar-refractivity contribution in [2.24, 2.45) is 0 Å². The number of halogens is 6. The van der Waals surface area contributed by atoms with Gasteiger partial charge in [-0.2, -0.15) is 13.2 Å². The van der Waals surface area contributed by atoms with E-state index in [1.54, 1.807) is 0 Å². The topological polar surface area (TPSA) is 30.0 Å². The molecule has 1 heterocycles. The first kappa shape index (κ1) is 15.7. The Morgan fingerprint density at radius 1 is 1.05 bits per heavy atom. The Hall–Kier alpha value is -1.66. The van der Waals surface area contributed by atoms with Crippen LogP contribution in [-0.4, -0.2) is 10.8 Å². The van der Waals surface area contributed by atoms with Crippen LogP contribution in [0.1, 0.15) is 21.6 Å². The second kappa shape index (κ2) is 5.61. The summed E-state index contributed by atoms with van der Waals surface area (Å²) >= 11 is 11.3. The molecule has 2 aromatic rings. The van der Waals surface area contributed by atoms with E-state index in [1.807, 2.05) is 0 Å². The van der Waals surface area contributed by atoms with E-state index in [0.29, 0.717) is 6.07 Å². The van der Waals surface area contributed by atoms with Crippen molar-refractivity contribution in [2.75, 3.05) is 0 Å². The predicted octanol–water partition coefficient (Wildman–Crippen LogP) is 4.78. The number of pyridine rings is 1. The van der Waals surface area contributed by atoms with Crippen LogP contribution in [0.2, 0.25) is 10.2 Å². The van der Waals surface area contributed by atoms with Crippen molar-refractivity contribution in [1.82, 2.24) is 4.98 Å². The number of aromatic nitrogens is 1. The lowest BCUT2D eigenvalue weighted by Gasteiger charge is -2.09. The van der Waals surface area contributed by atoms with Gasteiger partial charge < -0.3 is 0 Å². The molecule has 0 amide bonds. The molecule has 1 aromatic heterocycles. The maximum absolute atomic E-state index is 13.3. The number of nitrogens with zero attached hydrogens (tertiary/aromatic N) is 1. The van der Waals surface area contributed by atoms with Crippen LogP contribution in [-0.2, 0) is 6.18 Å². The number of carbonyl (C=O) groups is 1. The fourth-order valence-electron chi connectivity index (χ4n) is 1.59. The van der Waals surface area contributed by atoms with Gasteiger partial charge >= 0.3 is 6.18 Å². The molecular weight excluding hydrogens is 333 g/mol. The zero-order valence-electron chi connectivity index (χ0n) is 10.0. The van der Waals surface area contributed by atoms with Gasteiger partial charge in [0, 0.05) is 5.56 Å². The number of alkyl halides is 3. The average molecular weight is 338 g/mol. The molecule has 0 unspecified atom stereocenters. The molecule has 0 saturated heterocycles. The summed E-state index contributed by atoms with van der Waals surface area (Å²) in [6.07, 6.45) is -4.68. The Bertz CT molecular complexity index is 716. The summed E-state index contributed by atoms with van der Waals surface area (Å²) < 4.78 is 50.7. The summed E-state index contributed by atoms with van der Waals surface area (Å²) in [6, 6.07) is 5.03. The SMILES string of the molecule is O=C(c1ccc(C(F)(F)F)nc1Cl)c1cccc(F)c1Cl. The van der Waals surface area contributed by atoms with Gasteiger partial charge in [0.1, 0.15) is 16.7 Å². The quantitative estimate of drug-likeness (QED) is 0.448. The third kappa shape index (κ3) is 3.16. The highest BCUT2D eigenvalue weighted by Gasteiger charge is 2.33. The Balaban J connectivity index is 2.48. The van der Waals surface area contributed by atoms with Gasteiger partial charge in [0.15, 0.2) is 5.78 Å². The number of hydrogen-bond donors (Lipinski definition) is 0. The van der Waals surface area contributed by atoms with E-state index >= 15 is 0 Å². The molecule has 0 atom stereocenters. The molecule has 0 aliphatic carbocycles. The van der Waals surface area contributed by atoms with E-state index in [2.05, 4.69) is 4.98 Å². The van der Waals surface area contributed by atoms with Crippen LogP contribution in [0, 0.1) is 5.82 Å². The molecule has 21 heavy (non-hydrogen) atoms. The number of benzene rings is 1. The van der Waals surface area contributed by atoms with E-state index in [9.17, 15) is 22.4 Å². The minimum atomic E-state index is -4.68. The Morgan fingerprint density at radius 3 is 2.29 bits per heavy atom. The fourth-order valence-corrected chi connectivity index (χ4v) is 2.04. The average Bonchev–Trinajstić information content (AvgIpc) is 2.40. The molecule has 0 spiro atoms. The number of rotatable bonds is 2. The van der Waals surface area contributed by atoms with Gasteiger partial charge in [0.05, 0.1) is 10.6 Å². The first-order chi connectivity index (χ1) is 9.71. The molecule has 0 radical (unpaired) electrons. The molecule has 0 fully saturated rings. The van der Waals surface area contributed by atoms with Crippen LogP contribution < -0.4 is 0 Å². The molecular formula is C13H5Cl2F4NO. The zero-order chi connectivity index (χ0) is 15.8. The third-order valence-electron chi connectivity index (χ3n) is 2.58. The third-order valence-corrected chi connectivity index (χ3v) is 3.25. The lowest BCUT2D eigenvalue weighted by Crippen LogP contribution is -2.11. The van der Waals surface area contributed by atoms with E-state index in [-0.39, 0.29) is 11.1 Å². The van der Waals surface area contributed by atoms with Crippen molar-refractivity contribution in [2.45, 2.75) is 6.18 Å². The molecule has 0 aliphatic rings. The molecule has 0 N–H and O–H groups in total. The molecule has 1 aromatic carbocycles. The lowest BCUT2D eigenvalue weighted by atomic mass is 10.0. The van der Waals surface area contributed by atoms with Crippen LogP contribution in [0.4, 0.5) is 17.6 Å². The van der Waals surface area contributed by atoms with Crippen molar-refractivity contribution in [3.63, 3.8) is 0 Å². The largest absolute Gasteiger partial charge is 0.433 e. The fraction of sp³-hybridized carbons (Fsp3) is 0.0769. The van der Waals surface area contributed by atoms with Crippen LogP contribution in [0.5, 0.6) is 0 Å². The molecule has 2 rings (SSSR count). The molecule has 2 nitrogen and oxygen atoms in total. The van der Waals surface area contributed by atoms with Gasteiger partial charge in [-0.15, -0.1) is 0 Å². The van der Waals surface area contributed by atoms with Gasteiger partial charge in [-0.3, -0.25) is 4.79 Å². The predicted molar refractivity (Wildman–Crippen MR) is 69.1 cm³/mol. The smallest absolute Gasteiger partial charge is 0.288 e. The number of carbonyl (C=O) groups excluding carboxylic acids is 1. The van der Waals surface area contributed by atoms with E-state index in [1.165, 1.54) is 12.1 Å². The first-order valence-electron chi connectivity index (χ1n) is 5.44. The summed E-state index contributed by atoms with van der Waals surface area (Å²) in [5.41, 5.74) is -1.73. The summed E-state index contributed by atoms with van der Waals surface area (Å²) in [4.78, 5) is 15.3. The van der Waals surface area contributed by atoms with Crippen molar-refractivity contribution in [1.29, 1.82) is 0 Å². The zero-order valence-corrected chi connectivity index (χ0v) is 11.5. The number of ketones is 1. The monoisotopic (exact) mass is 337 g/mol. The molecule has 0 saturated carbocycles. The van der Waals surface area contributed by atoms with E-state index in [4.69, 9.17) is 23.2 Å². The van der Waals surface area contributed by atoms with E-state index in [0.717, 1.165) is 12.1 Å². The summed E-state index contributed by atoms with van der Waals surface area (Å²) in [6.45, 7) is 0. The van der Waals surface area contributed by atoms with Gasteiger partial charge in [-0.1, -0.05) is 29.3 Å². The van der Waals surface area contributed by atoms with E-state index < -0.39 is 33.6 Å².